The molecule has 2 fully saturated rings. The van der Waals surface area contributed by atoms with E-state index in [0.29, 0.717) is 10.5 Å². The molecule has 3 nitrogen and oxygen atoms in total. The fourth-order valence-electron chi connectivity index (χ4n) is 3.46. The van der Waals surface area contributed by atoms with Crippen LogP contribution in [-0.2, 0) is 0 Å². The van der Waals surface area contributed by atoms with Gasteiger partial charge in [0, 0.05) is 15.4 Å². The van der Waals surface area contributed by atoms with E-state index in [2.05, 4.69) is 4.98 Å². The number of aromatic carboxylic acids is 1. The van der Waals surface area contributed by atoms with E-state index in [-0.39, 0.29) is 5.69 Å². The summed E-state index contributed by atoms with van der Waals surface area (Å²) >= 11 is 3.49. The number of pyridine rings is 1. The zero-order chi connectivity index (χ0) is 16.1. The second-order valence-electron chi connectivity index (χ2n) is 6.56. The molecule has 2 saturated carbocycles. The molecule has 0 spiro atoms. The van der Waals surface area contributed by atoms with E-state index in [0.717, 1.165) is 9.92 Å². The fraction of sp³-hybridized carbons (Fsp3) is 0.667. The van der Waals surface area contributed by atoms with Gasteiger partial charge in [-0.3, -0.25) is 0 Å². The SMILES string of the molecule is O=C(O)c1nc(SC2CCCCC2)ccc1SC1CCCCC1. The summed E-state index contributed by atoms with van der Waals surface area (Å²) < 4.78 is 0. The first-order chi connectivity index (χ1) is 11.2. The molecule has 0 aromatic carbocycles. The predicted octanol–water partition coefficient (Wildman–Crippen LogP) is 5.63. The summed E-state index contributed by atoms with van der Waals surface area (Å²) in [6, 6.07) is 4.01. The summed E-state index contributed by atoms with van der Waals surface area (Å²) in [5.41, 5.74) is 0.251. The summed E-state index contributed by atoms with van der Waals surface area (Å²) in [6.45, 7) is 0. The van der Waals surface area contributed by atoms with E-state index < -0.39 is 5.97 Å². The molecule has 126 valence electrons. The Labute approximate surface area is 147 Å². The molecule has 0 bridgehead atoms. The molecule has 0 unspecified atom stereocenters. The van der Waals surface area contributed by atoms with Crippen LogP contribution in [0, 0.1) is 0 Å². The summed E-state index contributed by atoms with van der Waals surface area (Å²) in [6.07, 6.45) is 12.6. The minimum Gasteiger partial charge on any atom is -0.476 e. The van der Waals surface area contributed by atoms with Crippen LogP contribution in [0.3, 0.4) is 0 Å². The monoisotopic (exact) mass is 351 g/mol. The number of hydrogen-bond donors (Lipinski definition) is 1. The number of carbonyl (C=O) groups is 1. The Morgan fingerprint density at radius 1 is 0.913 bits per heavy atom. The molecule has 0 aliphatic heterocycles. The first-order valence-electron chi connectivity index (χ1n) is 8.80. The van der Waals surface area contributed by atoms with Crippen LogP contribution in [0.15, 0.2) is 22.1 Å². The van der Waals surface area contributed by atoms with Crippen molar-refractivity contribution >= 4 is 29.5 Å². The number of hydrogen-bond acceptors (Lipinski definition) is 4. The molecule has 1 aromatic heterocycles. The molecule has 2 aliphatic carbocycles. The van der Waals surface area contributed by atoms with E-state index in [1.54, 1.807) is 23.5 Å². The van der Waals surface area contributed by atoms with Crippen LogP contribution >= 0.6 is 23.5 Å². The first kappa shape index (κ1) is 17.2. The number of rotatable bonds is 5. The molecular weight excluding hydrogens is 326 g/mol. The molecule has 0 amide bonds. The van der Waals surface area contributed by atoms with Crippen molar-refractivity contribution in [1.29, 1.82) is 0 Å². The van der Waals surface area contributed by atoms with Gasteiger partial charge in [-0.25, -0.2) is 9.78 Å². The molecule has 0 atom stereocenters. The summed E-state index contributed by atoms with van der Waals surface area (Å²) in [4.78, 5) is 16.9. The van der Waals surface area contributed by atoms with Gasteiger partial charge >= 0.3 is 5.97 Å². The smallest absolute Gasteiger partial charge is 0.355 e. The fourth-order valence-corrected chi connectivity index (χ4v) is 5.98. The quantitative estimate of drug-likeness (QED) is 0.745. The average Bonchev–Trinajstić information content (AvgIpc) is 2.58. The van der Waals surface area contributed by atoms with Crippen LogP contribution in [0.25, 0.3) is 0 Å². The topological polar surface area (TPSA) is 50.2 Å². The van der Waals surface area contributed by atoms with Gasteiger partial charge in [-0.15, -0.1) is 23.5 Å². The Kier molecular flexibility index (Phi) is 6.29. The van der Waals surface area contributed by atoms with Gasteiger partial charge in [0.15, 0.2) is 5.69 Å². The van der Waals surface area contributed by atoms with Crippen LogP contribution < -0.4 is 0 Å². The van der Waals surface area contributed by atoms with Gasteiger partial charge in [0.1, 0.15) is 0 Å². The average molecular weight is 352 g/mol. The number of carboxylic acids is 1. The highest BCUT2D eigenvalue weighted by Crippen LogP contribution is 2.37. The molecular formula is C18H25NO2S2. The van der Waals surface area contributed by atoms with Gasteiger partial charge < -0.3 is 5.11 Å². The van der Waals surface area contributed by atoms with E-state index in [1.165, 1.54) is 64.2 Å². The van der Waals surface area contributed by atoms with Crippen molar-refractivity contribution in [1.82, 2.24) is 4.98 Å². The molecule has 2 aliphatic rings. The molecule has 3 rings (SSSR count). The molecule has 1 heterocycles. The van der Waals surface area contributed by atoms with Gasteiger partial charge in [-0.05, 0) is 37.8 Å². The highest BCUT2D eigenvalue weighted by molar-refractivity contribution is 8.00. The molecule has 23 heavy (non-hydrogen) atoms. The molecule has 5 heteroatoms. The molecule has 1 aromatic rings. The Hall–Kier alpha value is -0.680. The van der Waals surface area contributed by atoms with Crippen molar-refractivity contribution in [2.45, 2.75) is 84.6 Å². The highest BCUT2D eigenvalue weighted by atomic mass is 32.2. The lowest BCUT2D eigenvalue weighted by Gasteiger charge is -2.22. The van der Waals surface area contributed by atoms with Crippen molar-refractivity contribution in [3.05, 3.63) is 17.8 Å². The second kappa shape index (κ2) is 8.43. The zero-order valence-corrected chi connectivity index (χ0v) is 15.1. The Bertz CT molecular complexity index is 538. The highest BCUT2D eigenvalue weighted by Gasteiger charge is 2.21. The standard InChI is InChI=1S/C18H25NO2S2/c20-18(21)17-15(22-13-7-3-1-4-8-13)11-12-16(19-17)23-14-9-5-2-6-10-14/h11-14H,1-10H2,(H,20,21). The minimum absolute atomic E-state index is 0.251. The molecule has 0 radical (unpaired) electrons. The summed E-state index contributed by atoms with van der Waals surface area (Å²) in [7, 11) is 0. The number of thioether (sulfide) groups is 2. The molecule has 0 saturated heterocycles. The Balaban J connectivity index is 1.70. The van der Waals surface area contributed by atoms with Gasteiger partial charge in [0.25, 0.3) is 0 Å². The van der Waals surface area contributed by atoms with Crippen LogP contribution in [-0.4, -0.2) is 26.6 Å². The third kappa shape index (κ3) is 4.90. The first-order valence-corrected chi connectivity index (χ1v) is 10.6. The van der Waals surface area contributed by atoms with Crippen LogP contribution in [0.2, 0.25) is 0 Å². The lowest BCUT2D eigenvalue weighted by Crippen LogP contribution is -2.11. The van der Waals surface area contributed by atoms with Gasteiger partial charge in [-0.1, -0.05) is 38.5 Å². The summed E-state index contributed by atoms with van der Waals surface area (Å²) in [5.74, 6) is -0.894. The van der Waals surface area contributed by atoms with Gasteiger partial charge in [0.05, 0.1) is 5.03 Å². The largest absolute Gasteiger partial charge is 0.476 e. The Morgan fingerprint density at radius 3 is 2.04 bits per heavy atom. The second-order valence-corrected chi connectivity index (χ2v) is 9.22. The van der Waals surface area contributed by atoms with Crippen molar-refractivity contribution in [2.75, 3.05) is 0 Å². The van der Waals surface area contributed by atoms with Crippen LogP contribution in [0.1, 0.15) is 74.7 Å². The van der Waals surface area contributed by atoms with Crippen LogP contribution in [0.5, 0.6) is 0 Å². The third-order valence-electron chi connectivity index (χ3n) is 4.72. The van der Waals surface area contributed by atoms with Gasteiger partial charge in [0.2, 0.25) is 0 Å². The zero-order valence-electron chi connectivity index (χ0n) is 13.5. The molecule has 1 N–H and O–H groups in total. The van der Waals surface area contributed by atoms with Crippen molar-refractivity contribution in [2.24, 2.45) is 0 Å². The van der Waals surface area contributed by atoms with E-state index in [1.807, 2.05) is 12.1 Å². The summed E-state index contributed by atoms with van der Waals surface area (Å²) in [5, 5.41) is 11.6. The van der Waals surface area contributed by atoms with E-state index in [4.69, 9.17) is 0 Å². The maximum atomic E-state index is 11.6. The lowest BCUT2D eigenvalue weighted by atomic mass is 10.0. The van der Waals surface area contributed by atoms with Crippen molar-refractivity contribution in [3.8, 4) is 0 Å². The van der Waals surface area contributed by atoms with E-state index >= 15 is 0 Å². The normalized spacial score (nSPS) is 20.5. The van der Waals surface area contributed by atoms with Gasteiger partial charge in [-0.2, -0.15) is 0 Å². The maximum Gasteiger partial charge on any atom is 0.355 e. The third-order valence-corrected chi connectivity index (χ3v) is 7.38. The van der Waals surface area contributed by atoms with E-state index in [9.17, 15) is 9.90 Å². The van der Waals surface area contributed by atoms with Crippen molar-refractivity contribution in [3.63, 3.8) is 0 Å². The Morgan fingerprint density at radius 2 is 1.48 bits per heavy atom. The number of aromatic nitrogens is 1. The van der Waals surface area contributed by atoms with Crippen molar-refractivity contribution < 1.29 is 9.90 Å². The number of carboxylic acid groups (broad SMARTS) is 1. The van der Waals surface area contributed by atoms with Crippen LogP contribution in [0.4, 0.5) is 0 Å². The lowest BCUT2D eigenvalue weighted by molar-refractivity contribution is 0.0685. The number of nitrogens with zero attached hydrogens (tertiary/aromatic N) is 1. The predicted molar refractivity (Wildman–Crippen MR) is 96.7 cm³/mol. The maximum absolute atomic E-state index is 11.6. The minimum atomic E-state index is -0.894.